The van der Waals surface area contributed by atoms with Gasteiger partial charge >= 0.3 is 0 Å². The Kier molecular flexibility index (Phi) is 8.02. The van der Waals surface area contributed by atoms with E-state index in [1.54, 1.807) is 0 Å². The Labute approximate surface area is 189 Å². The molecule has 2 heterocycles. The average Bonchev–Trinajstić information content (AvgIpc) is 3.30. The zero-order valence-electron chi connectivity index (χ0n) is 19.7. The van der Waals surface area contributed by atoms with E-state index in [2.05, 4.69) is 0 Å². The Morgan fingerprint density at radius 3 is 1.13 bits per heavy atom. The number of ether oxygens (including phenoxy) is 3. The first kappa shape index (κ1) is 23.9. The second-order valence-corrected chi connectivity index (χ2v) is 10.8. The lowest BCUT2D eigenvalue weighted by molar-refractivity contribution is -0.439. The van der Waals surface area contributed by atoms with Crippen LogP contribution in [0, 0.1) is 0 Å². The van der Waals surface area contributed by atoms with E-state index in [9.17, 15) is 10.2 Å². The van der Waals surface area contributed by atoms with E-state index in [1.165, 1.54) is 0 Å². The largest absolute Gasteiger partial charge is 0.384 e. The van der Waals surface area contributed by atoms with Crippen LogP contribution in [0.4, 0.5) is 0 Å². The Bertz CT molecular complexity index is 482. The van der Waals surface area contributed by atoms with Gasteiger partial charge in [-0.25, -0.2) is 0 Å². The van der Waals surface area contributed by atoms with E-state index < -0.39 is 22.8 Å². The van der Waals surface area contributed by atoms with Crippen molar-refractivity contribution in [3.8, 4) is 0 Å². The van der Waals surface area contributed by atoms with Crippen molar-refractivity contribution in [3.63, 3.8) is 0 Å². The number of aliphatic hydroxyl groups is 2. The SMILES string of the molecule is OC1(C2(OC3(C4(O)CCCCCC4)CCCCCO3)CCCCCO2)CCCCCC1. The van der Waals surface area contributed by atoms with Gasteiger partial charge in [0.2, 0.25) is 11.6 Å². The molecule has 0 spiro atoms. The summed E-state index contributed by atoms with van der Waals surface area (Å²) < 4.78 is 20.2. The lowest BCUT2D eigenvalue weighted by atomic mass is 9.79. The van der Waals surface area contributed by atoms with Crippen LogP contribution in [0.3, 0.4) is 0 Å². The first-order valence-corrected chi connectivity index (χ1v) is 13.5. The second kappa shape index (κ2) is 10.4. The highest BCUT2D eigenvalue weighted by Gasteiger charge is 2.62. The van der Waals surface area contributed by atoms with Crippen molar-refractivity contribution in [2.45, 2.75) is 151 Å². The van der Waals surface area contributed by atoms with Crippen LogP contribution in [-0.2, 0) is 14.2 Å². The highest BCUT2D eigenvalue weighted by molar-refractivity contribution is 5.03. The normalized spacial score (nSPS) is 37.7. The Morgan fingerprint density at radius 1 is 0.419 bits per heavy atom. The van der Waals surface area contributed by atoms with E-state index in [0.29, 0.717) is 51.7 Å². The van der Waals surface area contributed by atoms with Crippen molar-refractivity contribution in [1.82, 2.24) is 0 Å². The number of hydrogen-bond donors (Lipinski definition) is 2. The maximum Gasteiger partial charge on any atom is 0.200 e. The molecular formula is C26H46O5. The van der Waals surface area contributed by atoms with E-state index in [0.717, 1.165) is 89.9 Å². The minimum Gasteiger partial charge on any atom is -0.384 e. The molecule has 2 aliphatic carbocycles. The Morgan fingerprint density at radius 2 is 0.742 bits per heavy atom. The molecule has 0 aromatic carbocycles. The predicted octanol–water partition coefficient (Wildman–Crippen LogP) is 5.75. The molecule has 31 heavy (non-hydrogen) atoms. The van der Waals surface area contributed by atoms with Gasteiger partial charge < -0.3 is 24.4 Å². The molecule has 0 aromatic heterocycles. The second-order valence-electron chi connectivity index (χ2n) is 10.8. The lowest BCUT2D eigenvalue weighted by Gasteiger charge is -2.54. The quantitative estimate of drug-likeness (QED) is 0.547. The summed E-state index contributed by atoms with van der Waals surface area (Å²) in [5.74, 6) is -2.17. The van der Waals surface area contributed by atoms with Crippen LogP contribution in [-0.4, -0.2) is 46.2 Å². The smallest absolute Gasteiger partial charge is 0.200 e. The van der Waals surface area contributed by atoms with Crippen LogP contribution in [0.1, 0.15) is 128 Å². The molecule has 2 aliphatic heterocycles. The summed E-state index contributed by atoms with van der Waals surface area (Å²) in [6, 6.07) is 0. The minimum absolute atomic E-state index is 0.608. The monoisotopic (exact) mass is 438 g/mol. The van der Waals surface area contributed by atoms with Gasteiger partial charge in [0, 0.05) is 12.8 Å². The van der Waals surface area contributed by atoms with Crippen LogP contribution >= 0.6 is 0 Å². The summed E-state index contributed by atoms with van der Waals surface area (Å²) in [6.07, 6.45) is 19.0. The van der Waals surface area contributed by atoms with Gasteiger partial charge in [0.15, 0.2) is 0 Å². The summed E-state index contributed by atoms with van der Waals surface area (Å²) in [5, 5.41) is 24.2. The maximum atomic E-state index is 12.1. The third kappa shape index (κ3) is 5.01. The highest BCUT2D eigenvalue weighted by Crippen LogP contribution is 2.51. The van der Waals surface area contributed by atoms with Gasteiger partial charge in [-0.05, 0) is 51.4 Å². The molecule has 4 fully saturated rings. The van der Waals surface area contributed by atoms with Gasteiger partial charge in [0.1, 0.15) is 11.2 Å². The molecule has 180 valence electrons. The summed E-state index contributed by atoms with van der Waals surface area (Å²) >= 11 is 0. The molecule has 2 unspecified atom stereocenters. The fourth-order valence-corrected chi connectivity index (χ4v) is 6.63. The van der Waals surface area contributed by atoms with Crippen LogP contribution in [0.2, 0.25) is 0 Å². The molecule has 2 N–H and O–H groups in total. The third-order valence-corrected chi connectivity index (χ3v) is 8.58. The van der Waals surface area contributed by atoms with Gasteiger partial charge in [0.05, 0.1) is 13.2 Å². The highest BCUT2D eigenvalue weighted by atomic mass is 16.8. The zero-order valence-corrected chi connectivity index (χ0v) is 19.7. The zero-order chi connectivity index (χ0) is 21.7. The van der Waals surface area contributed by atoms with Crippen LogP contribution in [0.15, 0.2) is 0 Å². The molecule has 2 atom stereocenters. The minimum atomic E-state index is -1.08. The molecule has 0 bridgehead atoms. The number of hydrogen-bond acceptors (Lipinski definition) is 5. The van der Waals surface area contributed by atoms with E-state index in [1.807, 2.05) is 0 Å². The van der Waals surface area contributed by atoms with Crippen molar-refractivity contribution < 1.29 is 24.4 Å². The van der Waals surface area contributed by atoms with Crippen LogP contribution in [0.25, 0.3) is 0 Å². The maximum absolute atomic E-state index is 12.1. The van der Waals surface area contributed by atoms with Crippen molar-refractivity contribution in [1.29, 1.82) is 0 Å². The van der Waals surface area contributed by atoms with Gasteiger partial charge in [-0.15, -0.1) is 0 Å². The molecule has 2 saturated carbocycles. The van der Waals surface area contributed by atoms with Crippen molar-refractivity contribution in [3.05, 3.63) is 0 Å². The Balaban J connectivity index is 1.73. The molecule has 0 aromatic rings. The fraction of sp³-hybridized carbons (Fsp3) is 1.00. The van der Waals surface area contributed by atoms with Crippen LogP contribution < -0.4 is 0 Å². The fourth-order valence-electron chi connectivity index (χ4n) is 6.63. The number of rotatable bonds is 4. The van der Waals surface area contributed by atoms with Crippen molar-refractivity contribution in [2.75, 3.05) is 13.2 Å². The van der Waals surface area contributed by atoms with E-state index in [4.69, 9.17) is 14.2 Å². The molecule has 2 saturated heterocycles. The first-order chi connectivity index (χ1) is 15.0. The van der Waals surface area contributed by atoms with Crippen molar-refractivity contribution >= 4 is 0 Å². The summed E-state index contributed by atoms with van der Waals surface area (Å²) in [6.45, 7) is 1.22. The molecule has 4 aliphatic rings. The van der Waals surface area contributed by atoms with Gasteiger partial charge in [-0.3, -0.25) is 0 Å². The first-order valence-electron chi connectivity index (χ1n) is 13.5. The molecule has 0 radical (unpaired) electrons. The predicted molar refractivity (Wildman–Crippen MR) is 121 cm³/mol. The molecular weight excluding hydrogens is 392 g/mol. The summed E-state index contributed by atoms with van der Waals surface area (Å²) in [5.41, 5.74) is -2.03. The van der Waals surface area contributed by atoms with Crippen molar-refractivity contribution in [2.24, 2.45) is 0 Å². The summed E-state index contributed by atoms with van der Waals surface area (Å²) in [4.78, 5) is 0. The lowest BCUT2D eigenvalue weighted by Crippen LogP contribution is -2.67. The topological polar surface area (TPSA) is 68.2 Å². The Hall–Kier alpha value is -0.200. The molecule has 0 amide bonds. The molecule has 5 heteroatoms. The molecule has 5 nitrogen and oxygen atoms in total. The van der Waals surface area contributed by atoms with E-state index in [-0.39, 0.29) is 0 Å². The van der Waals surface area contributed by atoms with Gasteiger partial charge in [0.25, 0.3) is 0 Å². The standard InChI is InChI=1S/C26H46O5/c27-23(15-7-1-2-8-16-23)25(19-11-5-13-21-29-25)31-26(20-12-6-14-22-30-26)24(28)17-9-3-4-10-18-24/h27-28H,1-22H2. The van der Waals surface area contributed by atoms with Gasteiger partial charge in [-0.2, -0.15) is 0 Å². The third-order valence-electron chi connectivity index (χ3n) is 8.58. The summed E-state index contributed by atoms with van der Waals surface area (Å²) in [7, 11) is 0. The average molecular weight is 439 g/mol. The van der Waals surface area contributed by atoms with Gasteiger partial charge in [-0.1, -0.05) is 64.2 Å². The molecule has 4 rings (SSSR count). The van der Waals surface area contributed by atoms with Crippen LogP contribution in [0.5, 0.6) is 0 Å². The van der Waals surface area contributed by atoms with E-state index >= 15 is 0 Å².